The summed E-state index contributed by atoms with van der Waals surface area (Å²) in [4.78, 5) is 0. The van der Waals surface area contributed by atoms with Gasteiger partial charge in [-0.15, -0.1) is 0 Å². The average Bonchev–Trinajstić information content (AvgIpc) is 3.82. The summed E-state index contributed by atoms with van der Waals surface area (Å²) in [6, 6.07) is 75.2. The molecule has 1 aliphatic carbocycles. The fraction of sp³-hybridized carbons (Fsp3) is 0.111. The second-order valence-electron chi connectivity index (χ2n) is 15.8. The SMILES string of the molecule is c1ccc([Si](c2ccccc2)(c2ccccc2)c2ccc(-n3c4ccccc4c4c(-n5c6ccccc6c6cccc(C7CCCCC7)c65)cccc43)cc2)cc1. The summed E-state index contributed by atoms with van der Waals surface area (Å²) in [7, 11) is -2.65. The predicted octanol–water partition coefficient (Wildman–Crippen LogP) is 11.3. The van der Waals surface area contributed by atoms with E-state index >= 15 is 0 Å². The maximum absolute atomic E-state index is 2.65. The average molecular weight is 749 g/mol. The molecule has 0 bridgehead atoms. The topological polar surface area (TPSA) is 9.86 Å². The minimum atomic E-state index is -2.65. The minimum Gasteiger partial charge on any atom is -0.309 e. The van der Waals surface area contributed by atoms with Gasteiger partial charge in [0.25, 0.3) is 0 Å². The van der Waals surface area contributed by atoms with Crippen LogP contribution in [0, 0.1) is 0 Å². The molecule has 0 atom stereocenters. The van der Waals surface area contributed by atoms with Gasteiger partial charge in [-0.25, -0.2) is 0 Å². The molecule has 0 unspecified atom stereocenters. The first-order valence-corrected chi connectivity index (χ1v) is 22.6. The van der Waals surface area contributed by atoms with E-state index in [1.165, 1.54) is 113 Å². The Kier molecular flexibility index (Phi) is 8.29. The van der Waals surface area contributed by atoms with Gasteiger partial charge in [-0.2, -0.15) is 0 Å². The molecule has 57 heavy (non-hydrogen) atoms. The maximum atomic E-state index is 2.61. The molecular weight excluding hydrogens is 705 g/mol. The molecule has 2 nitrogen and oxygen atoms in total. The number of fused-ring (bicyclic) bond motifs is 6. The van der Waals surface area contributed by atoms with E-state index < -0.39 is 8.07 Å². The molecule has 274 valence electrons. The molecule has 0 spiro atoms. The number of aromatic nitrogens is 2. The fourth-order valence-corrected chi connectivity index (χ4v) is 15.2. The Labute approximate surface area is 335 Å². The van der Waals surface area contributed by atoms with Crippen LogP contribution in [0.15, 0.2) is 200 Å². The maximum Gasteiger partial charge on any atom is 0.179 e. The standard InChI is InChI=1S/C54H44N2Si/c1-5-19-39(20-6-1)45-29-17-30-47-46-27-13-15-31-49(46)56(54(45)47)52-34-18-33-51-53(52)48-28-14-16-32-50(48)55(51)40-35-37-44(38-36-40)57(41-21-7-2-8-22-41,42-23-9-3-10-24-42)43-25-11-4-12-26-43/h2-4,7-18,21-39H,1,5-6,19-20H2. The molecule has 1 fully saturated rings. The van der Waals surface area contributed by atoms with E-state index in [0.717, 1.165) is 0 Å². The van der Waals surface area contributed by atoms with E-state index in [1.54, 1.807) is 0 Å². The van der Waals surface area contributed by atoms with E-state index in [9.17, 15) is 0 Å². The number of nitrogens with zero attached hydrogens (tertiary/aromatic N) is 2. The van der Waals surface area contributed by atoms with Gasteiger partial charge in [0, 0.05) is 27.2 Å². The van der Waals surface area contributed by atoms with Crippen molar-refractivity contribution >= 4 is 72.4 Å². The highest BCUT2D eigenvalue weighted by Gasteiger charge is 2.41. The summed E-state index contributed by atoms with van der Waals surface area (Å²) in [5, 5.41) is 10.8. The molecule has 0 aliphatic heterocycles. The quantitative estimate of drug-likeness (QED) is 0.113. The number of benzene rings is 8. The number of rotatable bonds is 7. The Bertz CT molecular complexity index is 2930. The molecule has 1 saturated carbocycles. The smallest absolute Gasteiger partial charge is 0.179 e. The normalized spacial score (nSPS) is 13.9. The molecule has 0 amide bonds. The largest absolute Gasteiger partial charge is 0.309 e. The molecule has 11 rings (SSSR count). The molecular formula is C54H44N2Si. The summed E-state index contributed by atoms with van der Waals surface area (Å²) in [5.74, 6) is 0.586. The van der Waals surface area contributed by atoms with Crippen molar-refractivity contribution in [3.8, 4) is 11.4 Å². The Morgan fingerprint density at radius 2 is 0.860 bits per heavy atom. The molecule has 0 N–H and O–H groups in total. The zero-order valence-electron chi connectivity index (χ0n) is 32.1. The first kappa shape index (κ1) is 33.9. The van der Waals surface area contributed by atoms with Gasteiger partial charge in [-0.1, -0.05) is 183 Å². The number of hydrogen-bond donors (Lipinski definition) is 0. The van der Waals surface area contributed by atoms with Crippen LogP contribution >= 0.6 is 0 Å². The Morgan fingerprint density at radius 1 is 0.368 bits per heavy atom. The van der Waals surface area contributed by atoms with Crippen molar-refractivity contribution in [3.63, 3.8) is 0 Å². The highest BCUT2D eigenvalue weighted by atomic mass is 28.3. The Hall–Kier alpha value is -6.42. The molecule has 0 saturated heterocycles. The van der Waals surface area contributed by atoms with E-state index in [1.807, 2.05) is 0 Å². The molecule has 2 heterocycles. The third-order valence-electron chi connectivity index (χ3n) is 12.9. The lowest BCUT2D eigenvalue weighted by Gasteiger charge is -2.34. The molecule has 10 aromatic rings. The summed E-state index contributed by atoms with van der Waals surface area (Å²) in [6.45, 7) is 0. The van der Waals surface area contributed by atoms with Gasteiger partial charge in [-0.3, -0.25) is 0 Å². The zero-order valence-corrected chi connectivity index (χ0v) is 33.1. The zero-order chi connectivity index (χ0) is 37.8. The van der Waals surface area contributed by atoms with Crippen molar-refractivity contribution in [3.05, 3.63) is 206 Å². The second-order valence-corrected chi connectivity index (χ2v) is 19.7. The van der Waals surface area contributed by atoms with Crippen LogP contribution in [0.1, 0.15) is 43.6 Å². The van der Waals surface area contributed by atoms with E-state index in [-0.39, 0.29) is 0 Å². The van der Waals surface area contributed by atoms with Gasteiger partial charge in [0.1, 0.15) is 0 Å². The van der Waals surface area contributed by atoms with Crippen LogP contribution in [0.25, 0.3) is 55.0 Å². The third kappa shape index (κ3) is 5.30. The van der Waals surface area contributed by atoms with Crippen molar-refractivity contribution in [2.24, 2.45) is 0 Å². The predicted molar refractivity (Wildman–Crippen MR) is 245 cm³/mol. The molecule has 1 aliphatic rings. The summed E-state index contributed by atoms with van der Waals surface area (Å²) < 4.78 is 5.10. The van der Waals surface area contributed by atoms with Gasteiger partial charge in [0.05, 0.1) is 27.8 Å². The van der Waals surface area contributed by atoms with Gasteiger partial charge >= 0.3 is 0 Å². The van der Waals surface area contributed by atoms with Crippen LogP contribution in [-0.4, -0.2) is 17.2 Å². The highest BCUT2D eigenvalue weighted by molar-refractivity contribution is 7.19. The van der Waals surface area contributed by atoms with Crippen molar-refractivity contribution in [1.82, 2.24) is 9.13 Å². The van der Waals surface area contributed by atoms with Crippen LogP contribution in [0.3, 0.4) is 0 Å². The van der Waals surface area contributed by atoms with Crippen LogP contribution in [0.5, 0.6) is 0 Å². The van der Waals surface area contributed by atoms with Crippen LogP contribution in [0.4, 0.5) is 0 Å². The fourth-order valence-electron chi connectivity index (χ4n) is 10.4. The lowest BCUT2D eigenvalue weighted by Crippen LogP contribution is -2.74. The first-order chi connectivity index (χ1) is 28.3. The van der Waals surface area contributed by atoms with Crippen LogP contribution < -0.4 is 20.7 Å². The van der Waals surface area contributed by atoms with Crippen LogP contribution in [0.2, 0.25) is 0 Å². The minimum absolute atomic E-state index is 0.586. The molecule has 0 radical (unpaired) electrons. The monoisotopic (exact) mass is 748 g/mol. The van der Waals surface area contributed by atoms with Crippen molar-refractivity contribution < 1.29 is 0 Å². The van der Waals surface area contributed by atoms with E-state index in [0.29, 0.717) is 5.92 Å². The summed E-state index contributed by atoms with van der Waals surface area (Å²) in [5.41, 5.74) is 9.01. The second kappa shape index (κ2) is 13.9. The summed E-state index contributed by atoms with van der Waals surface area (Å²) >= 11 is 0. The van der Waals surface area contributed by atoms with Gasteiger partial charge in [-0.05, 0) is 81.5 Å². The van der Waals surface area contributed by atoms with Crippen LogP contribution in [-0.2, 0) is 0 Å². The van der Waals surface area contributed by atoms with Gasteiger partial charge in [0.2, 0.25) is 0 Å². The van der Waals surface area contributed by atoms with Crippen molar-refractivity contribution in [2.45, 2.75) is 38.0 Å². The third-order valence-corrected chi connectivity index (χ3v) is 17.7. The highest BCUT2D eigenvalue weighted by Crippen LogP contribution is 2.43. The first-order valence-electron chi connectivity index (χ1n) is 20.6. The van der Waals surface area contributed by atoms with E-state index in [4.69, 9.17) is 0 Å². The van der Waals surface area contributed by atoms with Gasteiger partial charge < -0.3 is 9.13 Å². The molecule has 2 aromatic heterocycles. The van der Waals surface area contributed by atoms with E-state index in [2.05, 4.69) is 209 Å². The number of para-hydroxylation sites is 3. The van der Waals surface area contributed by atoms with Gasteiger partial charge in [0.15, 0.2) is 8.07 Å². The summed E-state index contributed by atoms with van der Waals surface area (Å²) in [6.07, 6.45) is 6.51. The lowest BCUT2D eigenvalue weighted by atomic mass is 9.83. The van der Waals surface area contributed by atoms with Crippen molar-refractivity contribution in [1.29, 1.82) is 0 Å². The Morgan fingerprint density at radius 3 is 1.49 bits per heavy atom. The number of hydrogen-bond acceptors (Lipinski definition) is 0. The molecule has 8 aromatic carbocycles. The molecule has 3 heteroatoms. The lowest BCUT2D eigenvalue weighted by molar-refractivity contribution is 0.445. The van der Waals surface area contributed by atoms with Crippen molar-refractivity contribution in [2.75, 3.05) is 0 Å². The Balaban J connectivity index is 1.15.